The lowest BCUT2D eigenvalue weighted by atomic mass is 9.97. The van der Waals surface area contributed by atoms with Crippen LogP contribution in [-0.2, 0) is 24.3 Å². The number of anilines is 1. The highest BCUT2D eigenvalue weighted by Gasteiger charge is 2.34. The second-order valence-electron chi connectivity index (χ2n) is 8.44. The first-order valence-corrected chi connectivity index (χ1v) is 13.4. The molecule has 2 aliphatic heterocycles. The second kappa shape index (κ2) is 10.8. The number of rotatable bonds is 5. The van der Waals surface area contributed by atoms with Gasteiger partial charge in [-0.3, -0.25) is 4.79 Å². The van der Waals surface area contributed by atoms with E-state index in [2.05, 4.69) is 15.6 Å². The standard InChI is InChI=1S/C25H27ClN4O5S/c1-3-35-25(32)22-16(2)27-20-6-4-5-7-21(20)28-23(22)29-24(31)17-12-14-30(15-13-17)36(33,34)19-10-8-18(26)9-11-19/h4-11,17,27H,3,12-15H2,1-2H3,(H,28,29,31). The van der Waals surface area contributed by atoms with Crippen LogP contribution in [0.15, 0.2) is 69.7 Å². The van der Waals surface area contributed by atoms with Crippen molar-refractivity contribution in [3.8, 4) is 0 Å². The highest BCUT2D eigenvalue weighted by molar-refractivity contribution is 7.89. The first-order chi connectivity index (χ1) is 17.2. The first-order valence-electron chi connectivity index (χ1n) is 11.6. The van der Waals surface area contributed by atoms with Gasteiger partial charge in [-0.25, -0.2) is 18.2 Å². The highest BCUT2D eigenvalue weighted by Crippen LogP contribution is 2.31. The lowest BCUT2D eigenvalue weighted by molar-refractivity contribution is -0.137. The van der Waals surface area contributed by atoms with E-state index in [1.165, 1.54) is 28.6 Å². The number of amides is 1. The summed E-state index contributed by atoms with van der Waals surface area (Å²) in [7, 11) is -3.68. The van der Waals surface area contributed by atoms with Crippen LogP contribution in [0, 0.1) is 5.92 Å². The molecule has 2 aromatic carbocycles. The summed E-state index contributed by atoms with van der Waals surface area (Å²) in [5, 5.41) is 6.43. The Kier molecular flexibility index (Phi) is 7.77. The number of sulfonamides is 1. The van der Waals surface area contributed by atoms with Crippen molar-refractivity contribution >= 4 is 50.7 Å². The largest absolute Gasteiger partial charge is 0.462 e. The molecular formula is C25H27ClN4O5S. The number of hydrogen-bond donors (Lipinski definition) is 2. The Morgan fingerprint density at radius 3 is 2.47 bits per heavy atom. The minimum atomic E-state index is -3.68. The minimum Gasteiger partial charge on any atom is -0.462 e. The lowest BCUT2D eigenvalue weighted by Gasteiger charge is -2.30. The van der Waals surface area contributed by atoms with Crippen molar-refractivity contribution in [1.29, 1.82) is 0 Å². The van der Waals surface area contributed by atoms with Crippen LogP contribution in [0.25, 0.3) is 0 Å². The molecule has 1 fully saturated rings. The van der Waals surface area contributed by atoms with Crippen LogP contribution < -0.4 is 10.6 Å². The summed E-state index contributed by atoms with van der Waals surface area (Å²) in [6.45, 7) is 3.98. The Hall–Kier alpha value is -3.21. The summed E-state index contributed by atoms with van der Waals surface area (Å²) in [6.07, 6.45) is 0.663. The summed E-state index contributed by atoms with van der Waals surface area (Å²) in [5.74, 6) is -1.27. The normalized spacial score (nSPS) is 16.9. The zero-order valence-corrected chi connectivity index (χ0v) is 21.5. The van der Waals surface area contributed by atoms with Crippen molar-refractivity contribution in [2.75, 3.05) is 25.0 Å². The molecule has 9 nitrogen and oxygen atoms in total. The smallest absolute Gasteiger partial charge is 0.343 e. The fourth-order valence-corrected chi connectivity index (χ4v) is 5.77. The van der Waals surface area contributed by atoms with Gasteiger partial charge in [-0.2, -0.15) is 4.31 Å². The van der Waals surface area contributed by atoms with Crippen LogP contribution in [-0.4, -0.2) is 50.1 Å². The third-order valence-electron chi connectivity index (χ3n) is 6.07. The van der Waals surface area contributed by atoms with Gasteiger partial charge in [0, 0.05) is 29.7 Å². The fourth-order valence-electron chi connectivity index (χ4n) is 4.17. The molecule has 0 radical (unpaired) electrons. The summed E-state index contributed by atoms with van der Waals surface area (Å²) in [6, 6.07) is 13.3. The van der Waals surface area contributed by atoms with Crippen molar-refractivity contribution in [2.45, 2.75) is 31.6 Å². The van der Waals surface area contributed by atoms with Gasteiger partial charge in [-0.05, 0) is 63.1 Å². The monoisotopic (exact) mass is 530 g/mol. The van der Waals surface area contributed by atoms with Crippen molar-refractivity contribution in [3.63, 3.8) is 0 Å². The van der Waals surface area contributed by atoms with Crippen molar-refractivity contribution < 1.29 is 22.7 Å². The minimum absolute atomic E-state index is 0.101. The number of carbonyl (C=O) groups excluding carboxylic acids is 2. The average Bonchev–Trinajstić information content (AvgIpc) is 2.99. The molecule has 0 unspecified atom stereocenters. The first kappa shape index (κ1) is 25.9. The SMILES string of the molecule is CCOC(=O)C1=C(C)Nc2ccccc2N=C1NC(=O)C1CCN(S(=O)(=O)c2ccc(Cl)cc2)CC1. The number of piperidine rings is 1. The molecule has 0 bridgehead atoms. The Labute approximate surface area is 215 Å². The zero-order valence-electron chi connectivity index (χ0n) is 20.0. The summed E-state index contributed by atoms with van der Waals surface area (Å²) in [4.78, 5) is 30.7. The molecule has 2 heterocycles. The van der Waals surface area contributed by atoms with Gasteiger partial charge in [0.25, 0.3) is 0 Å². The Morgan fingerprint density at radius 1 is 1.14 bits per heavy atom. The van der Waals surface area contributed by atoms with Crippen molar-refractivity contribution in [3.05, 3.63) is 64.8 Å². The molecular weight excluding hydrogens is 504 g/mol. The molecule has 1 saturated heterocycles. The number of nitrogens with one attached hydrogen (secondary N) is 2. The number of fused-ring (bicyclic) bond motifs is 1. The molecule has 36 heavy (non-hydrogen) atoms. The van der Waals surface area contributed by atoms with Gasteiger partial charge in [0.2, 0.25) is 15.9 Å². The zero-order chi connectivity index (χ0) is 25.9. The van der Waals surface area contributed by atoms with Gasteiger partial charge in [-0.1, -0.05) is 23.7 Å². The molecule has 0 atom stereocenters. The van der Waals surface area contributed by atoms with E-state index >= 15 is 0 Å². The molecule has 0 aliphatic carbocycles. The quantitative estimate of drug-likeness (QED) is 0.567. The third-order valence-corrected chi connectivity index (χ3v) is 8.23. The van der Waals surface area contributed by atoms with E-state index in [4.69, 9.17) is 16.3 Å². The number of para-hydroxylation sites is 2. The third kappa shape index (κ3) is 5.45. The molecule has 11 heteroatoms. The van der Waals surface area contributed by atoms with Gasteiger partial charge in [-0.15, -0.1) is 0 Å². The maximum Gasteiger partial charge on any atom is 0.343 e. The molecule has 2 aromatic rings. The lowest BCUT2D eigenvalue weighted by Crippen LogP contribution is -2.45. The number of amidine groups is 1. The molecule has 0 spiro atoms. The molecule has 1 amide bonds. The van der Waals surface area contributed by atoms with E-state index in [9.17, 15) is 18.0 Å². The Morgan fingerprint density at radius 2 is 1.81 bits per heavy atom. The van der Waals surface area contributed by atoms with E-state index in [-0.39, 0.29) is 41.9 Å². The summed E-state index contributed by atoms with van der Waals surface area (Å²) in [5.41, 5.74) is 1.91. The molecule has 0 saturated carbocycles. The van der Waals surface area contributed by atoms with E-state index in [0.717, 1.165) is 0 Å². The Balaban J connectivity index is 1.51. The van der Waals surface area contributed by atoms with E-state index in [1.54, 1.807) is 19.9 Å². The summed E-state index contributed by atoms with van der Waals surface area (Å²) < 4.78 is 32.5. The predicted molar refractivity (Wildman–Crippen MR) is 138 cm³/mol. The second-order valence-corrected chi connectivity index (χ2v) is 10.8. The Bertz CT molecular complexity index is 1330. The maximum atomic E-state index is 13.2. The van der Waals surface area contributed by atoms with Gasteiger partial charge >= 0.3 is 5.97 Å². The van der Waals surface area contributed by atoms with Gasteiger partial charge < -0.3 is 15.4 Å². The number of aliphatic imine (C=N–C) groups is 1. The van der Waals surface area contributed by atoms with E-state index in [0.29, 0.717) is 34.9 Å². The van der Waals surface area contributed by atoms with Crippen molar-refractivity contribution in [1.82, 2.24) is 9.62 Å². The van der Waals surface area contributed by atoms with Crippen LogP contribution in [0.3, 0.4) is 0 Å². The number of benzene rings is 2. The molecule has 2 N–H and O–H groups in total. The van der Waals surface area contributed by atoms with Crippen LogP contribution in [0.5, 0.6) is 0 Å². The topological polar surface area (TPSA) is 117 Å². The molecule has 190 valence electrons. The fraction of sp³-hybridized carbons (Fsp3) is 0.320. The number of carbonyl (C=O) groups is 2. The number of hydrogen-bond acceptors (Lipinski definition) is 7. The number of halogens is 1. The maximum absolute atomic E-state index is 13.2. The van der Waals surface area contributed by atoms with Gasteiger partial charge in [0.1, 0.15) is 11.4 Å². The number of esters is 1. The van der Waals surface area contributed by atoms with E-state index in [1.807, 2.05) is 18.2 Å². The van der Waals surface area contributed by atoms with E-state index < -0.39 is 21.9 Å². The molecule has 0 aromatic heterocycles. The predicted octanol–water partition coefficient (Wildman–Crippen LogP) is 3.85. The van der Waals surface area contributed by atoms with Crippen LogP contribution in [0.2, 0.25) is 5.02 Å². The van der Waals surface area contributed by atoms with Gasteiger partial charge in [0.15, 0.2) is 0 Å². The number of nitrogens with zero attached hydrogens (tertiary/aromatic N) is 2. The number of ether oxygens (including phenoxy) is 1. The van der Waals surface area contributed by atoms with Crippen LogP contribution >= 0.6 is 11.6 Å². The van der Waals surface area contributed by atoms with Crippen LogP contribution in [0.1, 0.15) is 26.7 Å². The summed E-state index contributed by atoms with van der Waals surface area (Å²) >= 11 is 5.88. The average molecular weight is 531 g/mol. The number of allylic oxidation sites excluding steroid dienone is 1. The van der Waals surface area contributed by atoms with Gasteiger partial charge in [0.05, 0.1) is 22.9 Å². The van der Waals surface area contributed by atoms with Crippen molar-refractivity contribution in [2.24, 2.45) is 10.9 Å². The van der Waals surface area contributed by atoms with Crippen LogP contribution in [0.4, 0.5) is 11.4 Å². The molecule has 4 rings (SSSR count). The highest BCUT2D eigenvalue weighted by atomic mass is 35.5. The molecule has 2 aliphatic rings.